The minimum Gasteiger partial charge on any atom is -0.354 e. The Labute approximate surface area is 107 Å². The lowest BCUT2D eigenvalue weighted by Crippen LogP contribution is -2.18. The highest BCUT2D eigenvalue weighted by Gasteiger charge is 2.05. The van der Waals surface area contributed by atoms with E-state index in [0.29, 0.717) is 6.54 Å². The molecule has 0 atom stereocenters. The highest BCUT2D eigenvalue weighted by Crippen LogP contribution is 2.14. The van der Waals surface area contributed by atoms with Crippen molar-refractivity contribution in [3.63, 3.8) is 0 Å². The summed E-state index contributed by atoms with van der Waals surface area (Å²) < 4.78 is 0. The summed E-state index contributed by atoms with van der Waals surface area (Å²) in [5, 5.41) is 0. The smallest absolute Gasteiger partial charge is 0.147 e. The van der Waals surface area contributed by atoms with E-state index in [0.717, 1.165) is 18.1 Å². The number of rotatable bonds is 4. The third kappa shape index (κ3) is 2.84. The van der Waals surface area contributed by atoms with Gasteiger partial charge in [-0.15, -0.1) is 0 Å². The van der Waals surface area contributed by atoms with Gasteiger partial charge in [-0.05, 0) is 18.1 Å². The normalized spacial score (nSPS) is 10.4. The van der Waals surface area contributed by atoms with Gasteiger partial charge in [0.25, 0.3) is 0 Å². The summed E-state index contributed by atoms with van der Waals surface area (Å²) in [7, 11) is 2.01. The van der Waals surface area contributed by atoms with E-state index in [1.165, 1.54) is 11.1 Å². The first kappa shape index (κ1) is 12.5. The first-order valence-corrected chi connectivity index (χ1v) is 5.97. The zero-order valence-corrected chi connectivity index (χ0v) is 10.8. The molecule has 0 aliphatic rings. The van der Waals surface area contributed by atoms with Crippen molar-refractivity contribution < 1.29 is 0 Å². The Hall–Kier alpha value is -1.94. The van der Waals surface area contributed by atoms with E-state index in [2.05, 4.69) is 46.1 Å². The lowest BCUT2D eigenvalue weighted by molar-refractivity contribution is 0.868. The van der Waals surface area contributed by atoms with E-state index in [-0.39, 0.29) is 0 Å². The predicted molar refractivity (Wildman–Crippen MR) is 73.2 cm³/mol. The predicted octanol–water partition coefficient (Wildman–Crippen LogP) is 1.88. The number of benzene rings is 1. The highest BCUT2D eigenvalue weighted by molar-refractivity contribution is 5.38. The molecule has 0 saturated heterocycles. The maximum Gasteiger partial charge on any atom is 0.147 e. The van der Waals surface area contributed by atoms with Gasteiger partial charge in [-0.25, -0.2) is 4.98 Å². The van der Waals surface area contributed by atoms with Crippen molar-refractivity contribution in [2.75, 3.05) is 11.9 Å². The summed E-state index contributed by atoms with van der Waals surface area (Å²) in [5.41, 5.74) is 8.90. The second kappa shape index (κ2) is 5.60. The van der Waals surface area contributed by atoms with E-state index < -0.39 is 0 Å². The zero-order chi connectivity index (χ0) is 13.0. The van der Waals surface area contributed by atoms with Gasteiger partial charge >= 0.3 is 0 Å². The Morgan fingerprint density at radius 1 is 1.17 bits per heavy atom. The van der Waals surface area contributed by atoms with Gasteiger partial charge in [-0.3, -0.25) is 4.98 Å². The lowest BCUT2D eigenvalue weighted by atomic mass is 10.1. The molecule has 2 N–H and O–H groups in total. The van der Waals surface area contributed by atoms with Crippen LogP contribution < -0.4 is 10.6 Å². The van der Waals surface area contributed by atoms with E-state index in [1.807, 2.05) is 7.05 Å². The molecule has 1 aromatic carbocycles. The average Bonchev–Trinajstić information content (AvgIpc) is 2.41. The molecule has 0 radical (unpaired) electrons. The van der Waals surface area contributed by atoms with Crippen molar-refractivity contribution in [1.82, 2.24) is 9.97 Å². The standard InChI is InChI=1S/C14H18N4/c1-11-5-3-4-6-12(11)10-18(2)14-9-16-13(7-15)8-17-14/h3-6,8-9H,7,10,15H2,1-2H3. The number of aromatic nitrogens is 2. The van der Waals surface area contributed by atoms with Gasteiger partial charge in [0, 0.05) is 20.1 Å². The maximum absolute atomic E-state index is 5.50. The van der Waals surface area contributed by atoms with Gasteiger partial charge in [0.1, 0.15) is 5.82 Å². The van der Waals surface area contributed by atoms with Crippen molar-refractivity contribution in [2.45, 2.75) is 20.0 Å². The Kier molecular flexibility index (Phi) is 3.89. The molecule has 94 valence electrons. The van der Waals surface area contributed by atoms with Crippen LogP contribution in [-0.4, -0.2) is 17.0 Å². The average molecular weight is 242 g/mol. The molecule has 4 heteroatoms. The third-order valence-electron chi connectivity index (χ3n) is 2.96. The van der Waals surface area contributed by atoms with Crippen LogP contribution in [0.25, 0.3) is 0 Å². The fourth-order valence-corrected chi connectivity index (χ4v) is 1.77. The van der Waals surface area contributed by atoms with Crippen LogP contribution in [0.15, 0.2) is 36.7 Å². The van der Waals surface area contributed by atoms with Crippen molar-refractivity contribution in [1.29, 1.82) is 0 Å². The molecule has 4 nitrogen and oxygen atoms in total. The summed E-state index contributed by atoms with van der Waals surface area (Å²) >= 11 is 0. The molecular weight excluding hydrogens is 224 g/mol. The number of nitrogens with zero attached hydrogens (tertiary/aromatic N) is 3. The number of nitrogens with two attached hydrogens (primary N) is 1. The Morgan fingerprint density at radius 2 is 1.94 bits per heavy atom. The SMILES string of the molecule is Cc1ccccc1CN(C)c1cnc(CN)cn1. The first-order valence-electron chi connectivity index (χ1n) is 5.97. The topological polar surface area (TPSA) is 55.0 Å². The third-order valence-corrected chi connectivity index (χ3v) is 2.96. The van der Waals surface area contributed by atoms with Gasteiger partial charge in [-0.1, -0.05) is 24.3 Å². The highest BCUT2D eigenvalue weighted by atomic mass is 15.2. The molecule has 2 rings (SSSR count). The van der Waals surface area contributed by atoms with Crippen molar-refractivity contribution in [2.24, 2.45) is 5.73 Å². The Morgan fingerprint density at radius 3 is 2.56 bits per heavy atom. The van der Waals surface area contributed by atoms with Gasteiger partial charge in [0.15, 0.2) is 0 Å². The van der Waals surface area contributed by atoms with E-state index >= 15 is 0 Å². The minimum absolute atomic E-state index is 0.425. The largest absolute Gasteiger partial charge is 0.354 e. The van der Waals surface area contributed by atoms with Crippen molar-refractivity contribution in [3.8, 4) is 0 Å². The molecule has 0 fully saturated rings. The minimum atomic E-state index is 0.425. The number of anilines is 1. The van der Waals surface area contributed by atoms with E-state index in [4.69, 9.17) is 5.73 Å². The summed E-state index contributed by atoms with van der Waals surface area (Å²) in [4.78, 5) is 10.7. The van der Waals surface area contributed by atoms with Crippen LogP contribution in [0.2, 0.25) is 0 Å². The summed E-state index contributed by atoms with van der Waals surface area (Å²) in [6, 6.07) is 8.36. The molecule has 0 amide bonds. The molecular formula is C14H18N4. The van der Waals surface area contributed by atoms with Crippen LogP contribution in [0.4, 0.5) is 5.82 Å². The Balaban J connectivity index is 2.11. The number of hydrogen-bond acceptors (Lipinski definition) is 4. The summed E-state index contributed by atoms with van der Waals surface area (Å²) in [6.45, 7) is 3.37. The fraction of sp³-hybridized carbons (Fsp3) is 0.286. The van der Waals surface area contributed by atoms with E-state index in [1.54, 1.807) is 12.4 Å². The molecule has 0 spiro atoms. The molecule has 2 aromatic rings. The number of hydrogen-bond donors (Lipinski definition) is 1. The molecule has 0 saturated carbocycles. The Bertz CT molecular complexity index is 507. The van der Waals surface area contributed by atoms with Crippen molar-refractivity contribution in [3.05, 3.63) is 53.5 Å². The molecule has 0 bridgehead atoms. The second-order valence-corrected chi connectivity index (χ2v) is 4.35. The van der Waals surface area contributed by atoms with Crippen LogP contribution in [0, 0.1) is 6.92 Å². The number of aryl methyl sites for hydroxylation is 1. The van der Waals surface area contributed by atoms with Crippen LogP contribution >= 0.6 is 0 Å². The molecule has 1 heterocycles. The van der Waals surface area contributed by atoms with Gasteiger partial charge < -0.3 is 10.6 Å². The maximum atomic E-state index is 5.50. The van der Waals surface area contributed by atoms with E-state index in [9.17, 15) is 0 Å². The van der Waals surface area contributed by atoms with Crippen LogP contribution in [-0.2, 0) is 13.1 Å². The zero-order valence-electron chi connectivity index (χ0n) is 10.8. The van der Waals surface area contributed by atoms with Crippen molar-refractivity contribution >= 4 is 5.82 Å². The molecule has 18 heavy (non-hydrogen) atoms. The molecule has 0 aliphatic carbocycles. The van der Waals surface area contributed by atoms with Gasteiger partial charge in [0.2, 0.25) is 0 Å². The lowest BCUT2D eigenvalue weighted by Gasteiger charge is -2.19. The van der Waals surface area contributed by atoms with Crippen LogP contribution in [0.1, 0.15) is 16.8 Å². The molecule has 0 aliphatic heterocycles. The first-order chi connectivity index (χ1) is 8.70. The van der Waals surface area contributed by atoms with Crippen LogP contribution in [0.5, 0.6) is 0 Å². The van der Waals surface area contributed by atoms with Gasteiger partial charge in [-0.2, -0.15) is 0 Å². The summed E-state index contributed by atoms with van der Waals surface area (Å²) in [6.07, 6.45) is 3.49. The fourth-order valence-electron chi connectivity index (χ4n) is 1.77. The van der Waals surface area contributed by atoms with Gasteiger partial charge in [0.05, 0.1) is 18.1 Å². The monoisotopic (exact) mass is 242 g/mol. The second-order valence-electron chi connectivity index (χ2n) is 4.35. The molecule has 1 aromatic heterocycles. The summed E-state index contributed by atoms with van der Waals surface area (Å²) in [5.74, 6) is 0.857. The quantitative estimate of drug-likeness (QED) is 0.889. The molecule has 0 unspecified atom stereocenters. The van der Waals surface area contributed by atoms with Crippen LogP contribution in [0.3, 0.4) is 0 Å².